The Hall–Kier alpha value is -1.77. The number of thiophene rings is 1. The molecular weight excluding hydrogens is 288 g/mol. The average Bonchev–Trinajstić information content (AvgIpc) is 2.83. The van der Waals surface area contributed by atoms with Crippen molar-refractivity contribution in [3.8, 4) is 0 Å². The predicted molar refractivity (Wildman–Crippen MR) is 68.7 cm³/mol. The van der Waals surface area contributed by atoms with Gasteiger partial charge in [-0.05, 0) is 12.1 Å². The van der Waals surface area contributed by atoms with Crippen LogP contribution in [-0.2, 0) is 9.59 Å². The molecule has 1 rings (SSSR count). The zero-order valence-electron chi connectivity index (χ0n) is 10.4. The molecule has 0 aliphatic carbocycles. The summed E-state index contributed by atoms with van der Waals surface area (Å²) < 4.78 is 0. The summed E-state index contributed by atoms with van der Waals surface area (Å²) in [6.07, 6.45) is -3.90. The van der Waals surface area contributed by atoms with Gasteiger partial charge in [-0.2, -0.15) is 0 Å². The van der Waals surface area contributed by atoms with Gasteiger partial charge in [-0.25, -0.2) is 0 Å². The summed E-state index contributed by atoms with van der Waals surface area (Å²) in [5, 5.41) is 36.2. The van der Waals surface area contributed by atoms with Gasteiger partial charge in [0.1, 0.15) is 6.10 Å². The van der Waals surface area contributed by atoms with E-state index in [1.54, 1.807) is 0 Å². The van der Waals surface area contributed by atoms with Gasteiger partial charge < -0.3 is 20.4 Å². The van der Waals surface area contributed by atoms with Crippen molar-refractivity contribution in [2.75, 3.05) is 0 Å². The van der Waals surface area contributed by atoms with Crippen LogP contribution >= 0.6 is 11.3 Å². The third kappa shape index (κ3) is 4.72. The molecule has 0 saturated carbocycles. The smallest absolute Gasteiger partial charge is 0.306 e. The van der Waals surface area contributed by atoms with Crippen molar-refractivity contribution in [2.24, 2.45) is 0 Å². The van der Waals surface area contributed by atoms with E-state index in [0.29, 0.717) is 0 Å². The normalized spacial score (nSPS) is 13.7. The van der Waals surface area contributed by atoms with Crippen LogP contribution in [0.1, 0.15) is 39.9 Å². The summed E-state index contributed by atoms with van der Waals surface area (Å²) in [6, 6.07) is 2.83. The van der Waals surface area contributed by atoms with Crippen LogP contribution in [0.25, 0.3) is 0 Å². The van der Waals surface area contributed by atoms with Crippen LogP contribution in [0, 0.1) is 0 Å². The third-order valence-corrected chi connectivity index (χ3v) is 3.70. The van der Waals surface area contributed by atoms with Crippen LogP contribution in [0.4, 0.5) is 0 Å². The van der Waals surface area contributed by atoms with Crippen LogP contribution in [0.15, 0.2) is 12.1 Å². The molecule has 0 saturated heterocycles. The number of rotatable bonds is 8. The molecule has 0 fully saturated rings. The van der Waals surface area contributed by atoms with E-state index >= 15 is 0 Å². The number of aliphatic carboxylic acids is 2. The van der Waals surface area contributed by atoms with E-state index in [2.05, 4.69) is 0 Å². The Morgan fingerprint density at radius 2 is 1.70 bits per heavy atom. The van der Waals surface area contributed by atoms with E-state index in [9.17, 15) is 24.6 Å². The fraction of sp³-hybridized carbons (Fsp3) is 0.417. The van der Waals surface area contributed by atoms with E-state index in [4.69, 9.17) is 10.2 Å². The van der Waals surface area contributed by atoms with Gasteiger partial charge in [0, 0.05) is 11.3 Å². The predicted octanol–water partition coefficient (Wildman–Crippen LogP) is 0.665. The van der Waals surface area contributed by atoms with Gasteiger partial charge >= 0.3 is 11.9 Å². The highest BCUT2D eigenvalue weighted by Gasteiger charge is 2.23. The topological polar surface area (TPSA) is 132 Å². The maximum atomic E-state index is 11.6. The molecule has 2 unspecified atom stereocenters. The number of carbonyl (C=O) groups is 3. The molecule has 1 aromatic rings. The van der Waals surface area contributed by atoms with Gasteiger partial charge in [0.05, 0.1) is 23.8 Å². The zero-order chi connectivity index (χ0) is 15.3. The Bertz CT molecular complexity index is 508. The highest BCUT2D eigenvalue weighted by Crippen LogP contribution is 2.27. The number of hydrogen-bond donors (Lipinski definition) is 4. The van der Waals surface area contributed by atoms with Gasteiger partial charge in [0.15, 0.2) is 5.78 Å². The second-order valence-corrected chi connectivity index (χ2v) is 5.24. The van der Waals surface area contributed by atoms with Crippen molar-refractivity contribution in [1.29, 1.82) is 0 Å². The highest BCUT2D eigenvalue weighted by atomic mass is 32.1. The minimum absolute atomic E-state index is 0.150. The molecule has 0 bridgehead atoms. The molecule has 1 aromatic heterocycles. The number of aliphatic hydroxyl groups is 2. The Kier molecular flexibility index (Phi) is 5.81. The Morgan fingerprint density at radius 1 is 1.05 bits per heavy atom. The number of ketones is 1. The summed E-state index contributed by atoms with van der Waals surface area (Å²) in [5.74, 6) is -2.69. The molecule has 0 aromatic carbocycles. The van der Waals surface area contributed by atoms with Crippen LogP contribution in [0.3, 0.4) is 0 Å². The first-order chi connectivity index (χ1) is 9.31. The molecule has 0 aliphatic heterocycles. The molecule has 0 radical (unpaired) electrons. The molecule has 2 atom stereocenters. The molecule has 20 heavy (non-hydrogen) atoms. The van der Waals surface area contributed by atoms with Crippen molar-refractivity contribution < 1.29 is 34.8 Å². The molecule has 4 N–H and O–H groups in total. The minimum atomic E-state index is -1.46. The SMILES string of the molecule is O=C(O)CCC(=O)c1ccc(C(O)C(O)CC(=O)O)s1. The van der Waals surface area contributed by atoms with Crippen LogP contribution < -0.4 is 0 Å². The van der Waals surface area contributed by atoms with Crippen molar-refractivity contribution in [1.82, 2.24) is 0 Å². The van der Waals surface area contributed by atoms with Crippen LogP contribution in [0.5, 0.6) is 0 Å². The minimum Gasteiger partial charge on any atom is -0.481 e. The number of Topliss-reactive ketones (excluding diaryl/α,β-unsaturated/α-hetero) is 1. The lowest BCUT2D eigenvalue weighted by atomic mass is 10.1. The van der Waals surface area contributed by atoms with Crippen LogP contribution in [0.2, 0.25) is 0 Å². The lowest BCUT2D eigenvalue weighted by Gasteiger charge is -2.14. The number of carboxylic acid groups (broad SMARTS) is 2. The van der Waals surface area contributed by atoms with Crippen molar-refractivity contribution in [3.05, 3.63) is 21.9 Å². The monoisotopic (exact) mass is 302 g/mol. The maximum Gasteiger partial charge on any atom is 0.306 e. The van der Waals surface area contributed by atoms with Crippen molar-refractivity contribution in [3.63, 3.8) is 0 Å². The average molecular weight is 302 g/mol. The van der Waals surface area contributed by atoms with E-state index in [0.717, 1.165) is 11.3 Å². The molecule has 0 amide bonds. The third-order valence-electron chi connectivity index (χ3n) is 2.51. The number of carbonyl (C=O) groups excluding carboxylic acids is 1. The van der Waals surface area contributed by atoms with E-state index in [1.807, 2.05) is 0 Å². The first-order valence-corrected chi connectivity index (χ1v) is 6.55. The molecular formula is C12H14O7S. The molecule has 0 spiro atoms. The number of hydrogen-bond acceptors (Lipinski definition) is 6. The molecule has 110 valence electrons. The maximum absolute atomic E-state index is 11.6. The number of aliphatic hydroxyl groups excluding tert-OH is 2. The van der Waals surface area contributed by atoms with Gasteiger partial charge in [0.2, 0.25) is 0 Å². The first kappa shape index (κ1) is 16.3. The summed E-state index contributed by atoms with van der Waals surface area (Å²) >= 11 is 0.911. The number of carboxylic acids is 2. The molecule has 7 nitrogen and oxygen atoms in total. The van der Waals surface area contributed by atoms with Gasteiger partial charge in [-0.3, -0.25) is 14.4 Å². The van der Waals surface area contributed by atoms with E-state index in [-0.39, 0.29) is 28.4 Å². The lowest BCUT2D eigenvalue weighted by molar-refractivity contribution is -0.141. The Morgan fingerprint density at radius 3 is 2.25 bits per heavy atom. The largest absolute Gasteiger partial charge is 0.481 e. The Labute approximate surface area is 118 Å². The summed E-state index contributed by atoms with van der Waals surface area (Å²) in [5.41, 5.74) is 0. The standard InChI is InChI=1S/C12H14O7S/c13-6(1-4-10(15)16)8-2-3-9(20-8)12(19)7(14)5-11(17)18/h2-3,7,12,14,19H,1,4-5H2,(H,15,16)(H,17,18). The quantitative estimate of drug-likeness (QED) is 0.519. The van der Waals surface area contributed by atoms with Crippen molar-refractivity contribution in [2.45, 2.75) is 31.5 Å². The molecule has 0 aliphatic rings. The zero-order valence-corrected chi connectivity index (χ0v) is 11.2. The Balaban J connectivity index is 2.68. The summed E-state index contributed by atoms with van der Waals surface area (Å²) in [4.78, 5) is 33.0. The van der Waals surface area contributed by atoms with Gasteiger partial charge in [-0.15, -0.1) is 11.3 Å². The van der Waals surface area contributed by atoms with Crippen molar-refractivity contribution >= 4 is 29.1 Å². The fourth-order valence-electron chi connectivity index (χ4n) is 1.49. The molecule has 8 heteroatoms. The first-order valence-electron chi connectivity index (χ1n) is 5.74. The summed E-state index contributed by atoms with van der Waals surface area (Å²) in [6.45, 7) is 0. The van der Waals surface area contributed by atoms with Crippen LogP contribution in [-0.4, -0.2) is 44.3 Å². The second kappa shape index (κ2) is 7.13. The molecule has 1 heterocycles. The lowest BCUT2D eigenvalue weighted by Crippen LogP contribution is -2.20. The fourth-order valence-corrected chi connectivity index (χ4v) is 2.51. The highest BCUT2D eigenvalue weighted by molar-refractivity contribution is 7.14. The van der Waals surface area contributed by atoms with E-state index < -0.39 is 30.6 Å². The van der Waals surface area contributed by atoms with Gasteiger partial charge in [0.25, 0.3) is 0 Å². The second-order valence-electron chi connectivity index (χ2n) is 4.13. The summed E-state index contributed by atoms with van der Waals surface area (Å²) in [7, 11) is 0. The van der Waals surface area contributed by atoms with E-state index in [1.165, 1.54) is 12.1 Å². The van der Waals surface area contributed by atoms with Gasteiger partial charge in [-0.1, -0.05) is 0 Å².